The van der Waals surface area contributed by atoms with Crippen molar-refractivity contribution in [2.45, 2.75) is 31.6 Å². The zero-order valence-corrected chi connectivity index (χ0v) is 17.8. The van der Waals surface area contributed by atoms with Crippen molar-refractivity contribution in [2.24, 2.45) is 0 Å². The van der Waals surface area contributed by atoms with Gasteiger partial charge in [0.25, 0.3) is 0 Å². The highest BCUT2D eigenvalue weighted by atomic mass is 35.5. The SMILES string of the molecule is CCCN(CC)S(=O)(=O)c1cc(-c2[nH]c3ccccc3c2CC(=O)O)ccc1Cl. The van der Waals surface area contributed by atoms with E-state index >= 15 is 0 Å². The molecule has 3 aromatic rings. The van der Waals surface area contributed by atoms with Gasteiger partial charge in [0, 0.05) is 24.0 Å². The van der Waals surface area contributed by atoms with Crippen LogP contribution in [-0.2, 0) is 21.2 Å². The topological polar surface area (TPSA) is 90.5 Å². The van der Waals surface area contributed by atoms with Gasteiger partial charge in [-0.15, -0.1) is 0 Å². The highest BCUT2D eigenvalue weighted by Gasteiger charge is 2.26. The van der Waals surface area contributed by atoms with Crippen LogP contribution in [0.3, 0.4) is 0 Å². The molecule has 3 rings (SSSR count). The van der Waals surface area contributed by atoms with E-state index in [9.17, 15) is 18.3 Å². The number of benzene rings is 2. The second kappa shape index (κ2) is 8.57. The van der Waals surface area contributed by atoms with Crippen LogP contribution in [0.2, 0.25) is 5.02 Å². The van der Waals surface area contributed by atoms with Crippen molar-refractivity contribution in [2.75, 3.05) is 13.1 Å². The first-order chi connectivity index (χ1) is 13.8. The van der Waals surface area contributed by atoms with E-state index in [1.807, 2.05) is 31.2 Å². The lowest BCUT2D eigenvalue weighted by Gasteiger charge is -2.21. The molecule has 0 bridgehead atoms. The number of carbonyl (C=O) groups is 1. The largest absolute Gasteiger partial charge is 0.481 e. The van der Waals surface area contributed by atoms with Gasteiger partial charge in [0.1, 0.15) is 4.90 Å². The standard InChI is InChI=1S/C21H23ClN2O4S/c1-3-11-24(4-2)29(27,28)19-12-14(9-10-17(19)22)21-16(13-20(25)26)15-7-5-6-8-18(15)23-21/h5-10,12,23H,3-4,11,13H2,1-2H3,(H,25,26). The van der Waals surface area contributed by atoms with Crippen molar-refractivity contribution in [1.29, 1.82) is 0 Å². The predicted molar refractivity (Wildman–Crippen MR) is 115 cm³/mol. The van der Waals surface area contributed by atoms with Crippen LogP contribution < -0.4 is 0 Å². The van der Waals surface area contributed by atoms with Gasteiger partial charge in [0.2, 0.25) is 10.0 Å². The van der Waals surface area contributed by atoms with Gasteiger partial charge in [-0.25, -0.2) is 8.42 Å². The van der Waals surface area contributed by atoms with Gasteiger partial charge in [-0.2, -0.15) is 4.31 Å². The molecule has 1 heterocycles. The summed E-state index contributed by atoms with van der Waals surface area (Å²) in [6.45, 7) is 4.44. The summed E-state index contributed by atoms with van der Waals surface area (Å²) in [5.74, 6) is -0.960. The van der Waals surface area contributed by atoms with E-state index in [1.54, 1.807) is 19.1 Å². The van der Waals surface area contributed by atoms with E-state index in [4.69, 9.17) is 11.6 Å². The predicted octanol–water partition coefficient (Wildman–Crippen LogP) is 4.54. The molecule has 1 aromatic heterocycles. The number of nitrogens with zero attached hydrogens (tertiary/aromatic N) is 1. The fraction of sp³-hybridized carbons (Fsp3) is 0.286. The molecule has 29 heavy (non-hydrogen) atoms. The van der Waals surface area contributed by atoms with E-state index in [-0.39, 0.29) is 16.3 Å². The maximum absolute atomic E-state index is 13.1. The van der Waals surface area contributed by atoms with Gasteiger partial charge < -0.3 is 10.1 Å². The number of para-hydroxylation sites is 1. The number of carboxylic acid groups (broad SMARTS) is 1. The summed E-state index contributed by atoms with van der Waals surface area (Å²) in [6.07, 6.45) is 0.510. The zero-order valence-electron chi connectivity index (χ0n) is 16.3. The quantitative estimate of drug-likeness (QED) is 0.544. The Labute approximate surface area is 175 Å². The van der Waals surface area contributed by atoms with Gasteiger partial charge in [0.15, 0.2) is 0 Å². The van der Waals surface area contributed by atoms with Gasteiger partial charge in [-0.1, -0.05) is 49.7 Å². The zero-order chi connectivity index (χ0) is 21.2. The molecular weight excluding hydrogens is 412 g/mol. The van der Waals surface area contributed by atoms with E-state index in [1.165, 1.54) is 10.4 Å². The molecule has 0 saturated heterocycles. The Kier molecular flexibility index (Phi) is 6.31. The molecule has 2 aromatic carbocycles. The Balaban J connectivity index is 2.19. The summed E-state index contributed by atoms with van der Waals surface area (Å²) in [4.78, 5) is 14.7. The molecule has 6 nitrogen and oxygen atoms in total. The van der Waals surface area contributed by atoms with Gasteiger partial charge in [0.05, 0.1) is 17.1 Å². The summed E-state index contributed by atoms with van der Waals surface area (Å²) < 4.78 is 27.6. The maximum Gasteiger partial charge on any atom is 0.307 e. The normalized spacial score (nSPS) is 12.0. The van der Waals surface area contributed by atoms with Crippen LogP contribution in [0.5, 0.6) is 0 Å². The van der Waals surface area contributed by atoms with Crippen LogP contribution in [0.25, 0.3) is 22.2 Å². The third kappa shape index (κ3) is 4.17. The molecule has 0 aliphatic carbocycles. The lowest BCUT2D eigenvalue weighted by molar-refractivity contribution is -0.136. The monoisotopic (exact) mass is 434 g/mol. The number of hydrogen-bond donors (Lipinski definition) is 2. The highest BCUT2D eigenvalue weighted by Crippen LogP contribution is 2.35. The van der Waals surface area contributed by atoms with Crippen LogP contribution in [-0.4, -0.2) is 41.9 Å². The van der Waals surface area contributed by atoms with Crippen molar-refractivity contribution < 1.29 is 18.3 Å². The van der Waals surface area contributed by atoms with E-state index in [2.05, 4.69) is 4.98 Å². The number of hydrogen-bond acceptors (Lipinski definition) is 3. The lowest BCUT2D eigenvalue weighted by atomic mass is 10.0. The summed E-state index contributed by atoms with van der Waals surface area (Å²) in [5, 5.41) is 10.3. The fourth-order valence-electron chi connectivity index (χ4n) is 3.47. The Bertz CT molecular complexity index is 1150. The van der Waals surface area contributed by atoms with Crippen LogP contribution >= 0.6 is 11.6 Å². The molecule has 0 radical (unpaired) electrons. The number of halogens is 1. The average molecular weight is 435 g/mol. The smallest absolute Gasteiger partial charge is 0.307 e. The number of aliphatic carboxylic acids is 1. The fourth-order valence-corrected chi connectivity index (χ4v) is 5.52. The Morgan fingerprint density at radius 3 is 2.55 bits per heavy atom. The minimum absolute atomic E-state index is 0.0203. The summed E-state index contributed by atoms with van der Waals surface area (Å²) in [5.41, 5.74) is 2.56. The van der Waals surface area contributed by atoms with Gasteiger partial charge in [-0.05, 0) is 35.7 Å². The summed E-state index contributed by atoms with van der Waals surface area (Å²) in [7, 11) is -3.77. The first-order valence-electron chi connectivity index (χ1n) is 9.41. The molecule has 0 aliphatic rings. The molecule has 0 fully saturated rings. The number of aromatic amines is 1. The number of rotatable bonds is 8. The molecule has 0 spiro atoms. The van der Waals surface area contributed by atoms with Gasteiger partial charge >= 0.3 is 5.97 Å². The number of H-pyrrole nitrogens is 1. The van der Waals surface area contributed by atoms with Crippen LogP contribution in [0, 0.1) is 0 Å². The molecule has 0 unspecified atom stereocenters. The third-order valence-electron chi connectivity index (χ3n) is 4.81. The first kappa shape index (κ1) is 21.4. The molecule has 0 atom stereocenters. The van der Waals surface area contributed by atoms with Crippen LogP contribution in [0.4, 0.5) is 0 Å². The molecular formula is C21H23ClN2O4S. The summed E-state index contributed by atoms with van der Waals surface area (Å²) in [6, 6.07) is 12.2. The molecule has 0 saturated carbocycles. The Morgan fingerprint density at radius 1 is 1.17 bits per heavy atom. The highest BCUT2D eigenvalue weighted by molar-refractivity contribution is 7.89. The number of sulfonamides is 1. The first-order valence-corrected chi connectivity index (χ1v) is 11.2. The Hall–Kier alpha value is -2.35. The molecule has 8 heteroatoms. The number of fused-ring (bicyclic) bond motifs is 1. The van der Waals surface area contributed by atoms with Crippen molar-refractivity contribution in [3.63, 3.8) is 0 Å². The second-order valence-electron chi connectivity index (χ2n) is 6.74. The maximum atomic E-state index is 13.1. The van der Waals surface area contributed by atoms with Crippen LogP contribution in [0.15, 0.2) is 47.4 Å². The average Bonchev–Trinajstić information content (AvgIpc) is 3.04. The lowest BCUT2D eigenvalue weighted by Crippen LogP contribution is -2.31. The molecule has 0 amide bonds. The summed E-state index contributed by atoms with van der Waals surface area (Å²) >= 11 is 6.26. The van der Waals surface area contributed by atoms with E-state index in [0.29, 0.717) is 36.3 Å². The number of nitrogens with one attached hydrogen (secondary N) is 1. The second-order valence-corrected chi connectivity index (χ2v) is 9.05. The van der Waals surface area contributed by atoms with E-state index in [0.717, 1.165) is 10.9 Å². The number of carboxylic acids is 1. The molecule has 2 N–H and O–H groups in total. The van der Waals surface area contributed by atoms with Crippen molar-refractivity contribution in [3.8, 4) is 11.3 Å². The van der Waals surface area contributed by atoms with Crippen molar-refractivity contribution >= 4 is 38.5 Å². The van der Waals surface area contributed by atoms with E-state index < -0.39 is 16.0 Å². The number of aromatic nitrogens is 1. The Morgan fingerprint density at radius 2 is 1.90 bits per heavy atom. The minimum Gasteiger partial charge on any atom is -0.481 e. The third-order valence-corrected chi connectivity index (χ3v) is 7.26. The molecule has 0 aliphatic heterocycles. The van der Waals surface area contributed by atoms with Crippen LogP contribution in [0.1, 0.15) is 25.8 Å². The molecule has 154 valence electrons. The van der Waals surface area contributed by atoms with Crippen molar-refractivity contribution in [1.82, 2.24) is 9.29 Å². The minimum atomic E-state index is -3.77. The van der Waals surface area contributed by atoms with Gasteiger partial charge in [-0.3, -0.25) is 4.79 Å². The van der Waals surface area contributed by atoms with Crippen molar-refractivity contribution in [3.05, 3.63) is 53.1 Å².